The molecular weight excluding hydrogens is 378 g/mol. The van der Waals surface area contributed by atoms with E-state index in [0.717, 1.165) is 17.2 Å². The van der Waals surface area contributed by atoms with Crippen molar-refractivity contribution in [3.63, 3.8) is 0 Å². The van der Waals surface area contributed by atoms with Gasteiger partial charge in [0.1, 0.15) is 18.0 Å². The molecule has 28 heavy (non-hydrogen) atoms. The average Bonchev–Trinajstić information content (AvgIpc) is 2.96. The second kappa shape index (κ2) is 7.31. The maximum absolute atomic E-state index is 12.7. The van der Waals surface area contributed by atoms with Gasteiger partial charge in [-0.3, -0.25) is 0 Å². The normalized spacial score (nSPS) is 12.1. The van der Waals surface area contributed by atoms with E-state index in [0.29, 0.717) is 11.4 Å². The van der Waals surface area contributed by atoms with Gasteiger partial charge in [-0.1, -0.05) is 18.2 Å². The van der Waals surface area contributed by atoms with Gasteiger partial charge in [0.2, 0.25) is 0 Å². The largest absolute Gasteiger partial charge is 0.487 e. The molecule has 0 atom stereocenters. The van der Waals surface area contributed by atoms with Gasteiger partial charge in [-0.15, -0.1) is 0 Å². The molecule has 0 radical (unpaired) electrons. The summed E-state index contributed by atoms with van der Waals surface area (Å²) in [7, 11) is -3.26. The van der Waals surface area contributed by atoms with Crippen molar-refractivity contribution in [2.24, 2.45) is 0 Å². The Bertz CT molecular complexity index is 1110. The zero-order chi connectivity index (χ0) is 20.5. The van der Waals surface area contributed by atoms with Crippen LogP contribution in [-0.2, 0) is 21.2 Å². The van der Waals surface area contributed by atoms with Crippen molar-refractivity contribution in [3.8, 4) is 5.75 Å². The zero-order valence-corrected chi connectivity index (χ0v) is 17.1. The van der Waals surface area contributed by atoms with Crippen LogP contribution in [0.5, 0.6) is 5.75 Å². The average molecular weight is 401 g/mol. The molecule has 0 N–H and O–H groups in total. The highest BCUT2D eigenvalue weighted by Gasteiger charge is 2.22. The van der Waals surface area contributed by atoms with Gasteiger partial charge < -0.3 is 9.47 Å². The second-order valence-corrected chi connectivity index (χ2v) is 9.56. The molecule has 0 spiro atoms. The van der Waals surface area contributed by atoms with Crippen LogP contribution < -0.4 is 4.74 Å². The van der Waals surface area contributed by atoms with Crippen LogP contribution in [0.2, 0.25) is 0 Å². The van der Waals surface area contributed by atoms with Crippen LogP contribution >= 0.6 is 0 Å². The van der Waals surface area contributed by atoms with E-state index in [2.05, 4.69) is 0 Å². The molecular formula is C21H23NO5S. The number of ether oxygens (including phenoxy) is 2. The van der Waals surface area contributed by atoms with E-state index < -0.39 is 21.5 Å². The summed E-state index contributed by atoms with van der Waals surface area (Å²) >= 11 is 0. The lowest BCUT2D eigenvalue weighted by molar-refractivity contribution is 0.0535. The number of carbonyl (C=O) groups excluding carboxylic acids is 1. The van der Waals surface area contributed by atoms with E-state index in [4.69, 9.17) is 9.47 Å². The molecule has 0 aliphatic rings. The van der Waals surface area contributed by atoms with E-state index in [1.54, 1.807) is 12.1 Å². The van der Waals surface area contributed by atoms with E-state index >= 15 is 0 Å². The zero-order valence-electron chi connectivity index (χ0n) is 16.3. The standard InChI is InChI=1S/C21H23NO5S/c1-21(2,3)27-20(23)22-16(13-15-7-5-6-8-19(15)22)14-26-17-9-11-18(12-10-17)28(4,24)25/h5-13H,14H2,1-4H3. The van der Waals surface area contributed by atoms with Gasteiger partial charge in [0, 0.05) is 11.6 Å². The number of carbonyl (C=O) groups is 1. The molecule has 148 valence electrons. The highest BCUT2D eigenvalue weighted by molar-refractivity contribution is 7.90. The monoisotopic (exact) mass is 401 g/mol. The van der Waals surface area contributed by atoms with E-state index in [1.807, 2.05) is 51.1 Å². The highest BCUT2D eigenvalue weighted by atomic mass is 32.2. The lowest BCUT2D eigenvalue weighted by Crippen LogP contribution is -2.28. The number of para-hydroxylation sites is 1. The first-order valence-electron chi connectivity index (χ1n) is 8.80. The second-order valence-electron chi connectivity index (χ2n) is 7.54. The Morgan fingerprint density at radius 1 is 1.04 bits per heavy atom. The van der Waals surface area contributed by atoms with Crippen molar-refractivity contribution < 1.29 is 22.7 Å². The van der Waals surface area contributed by atoms with Crippen LogP contribution in [0.4, 0.5) is 4.79 Å². The molecule has 0 unspecified atom stereocenters. The van der Waals surface area contributed by atoms with Gasteiger partial charge in [0.15, 0.2) is 9.84 Å². The predicted octanol–water partition coefficient (Wildman–Crippen LogP) is 4.41. The smallest absolute Gasteiger partial charge is 0.419 e. The maximum Gasteiger partial charge on any atom is 0.419 e. The maximum atomic E-state index is 12.7. The predicted molar refractivity (Wildman–Crippen MR) is 107 cm³/mol. The van der Waals surface area contributed by atoms with Gasteiger partial charge in [-0.25, -0.2) is 17.8 Å². The first-order chi connectivity index (χ1) is 13.0. The SMILES string of the molecule is CC(C)(C)OC(=O)n1c(COc2ccc(S(C)(=O)=O)cc2)cc2ccccc21. The topological polar surface area (TPSA) is 74.6 Å². The summed E-state index contributed by atoms with van der Waals surface area (Å²) in [5.41, 5.74) is 0.757. The molecule has 2 aromatic carbocycles. The van der Waals surface area contributed by atoms with E-state index in [9.17, 15) is 13.2 Å². The van der Waals surface area contributed by atoms with Crippen molar-refractivity contribution in [1.29, 1.82) is 0 Å². The molecule has 0 bridgehead atoms. The third kappa shape index (κ3) is 4.54. The molecule has 7 heteroatoms. The summed E-state index contributed by atoms with van der Waals surface area (Å²) < 4.78 is 36.0. The summed E-state index contributed by atoms with van der Waals surface area (Å²) in [6.45, 7) is 5.58. The van der Waals surface area contributed by atoms with Gasteiger partial charge in [-0.2, -0.15) is 0 Å². The quantitative estimate of drug-likeness (QED) is 0.647. The first-order valence-corrected chi connectivity index (χ1v) is 10.7. The van der Waals surface area contributed by atoms with Gasteiger partial charge >= 0.3 is 6.09 Å². The number of hydrogen-bond acceptors (Lipinski definition) is 5. The number of sulfone groups is 1. The fourth-order valence-corrected chi connectivity index (χ4v) is 3.41. The third-order valence-electron chi connectivity index (χ3n) is 4.00. The summed E-state index contributed by atoms with van der Waals surface area (Å²) in [5.74, 6) is 0.508. The molecule has 0 fully saturated rings. The minimum absolute atomic E-state index is 0.131. The van der Waals surface area contributed by atoms with Gasteiger partial charge in [0.05, 0.1) is 16.1 Å². The number of hydrogen-bond donors (Lipinski definition) is 0. The van der Waals surface area contributed by atoms with Crippen molar-refractivity contribution in [2.75, 3.05) is 6.26 Å². The molecule has 0 saturated carbocycles. The van der Waals surface area contributed by atoms with Crippen molar-refractivity contribution in [2.45, 2.75) is 37.9 Å². The van der Waals surface area contributed by atoms with Crippen molar-refractivity contribution in [3.05, 3.63) is 60.3 Å². The van der Waals surface area contributed by atoms with Crippen LogP contribution in [0, 0.1) is 0 Å². The lowest BCUT2D eigenvalue weighted by Gasteiger charge is -2.21. The summed E-state index contributed by atoms with van der Waals surface area (Å²) in [6, 6.07) is 15.6. The highest BCUT2D eigenvalue weighted by Crippen LogP contribution is 2.24. The van der Waals surface area contributed by atoms with Crippen LogP contribution in [0.25, 0.3) is 10.9 Å². The molecule has 1 heterocycles. The number of nitrogens with zero attached hydrogens (tertiary/aromatic N) is 1. The fraction of sp³-hybridized carbons (Fsp3) is 0.286. The van der Waals surface area contributed by atoms with Crippen molar-refractivity contribution in [1.82, 2.24) is 4.57 Å². The molecule has 6 nitrogen and oxygen atoms in total. The Morgan fingerprint density at radius 3 is 2.29 bits per heavy atom. The molecule has 0 amide bonds. The van der Waals surface area contributed by atoms with E-state index in [-0.39, 0.29) is 11.5 Å². The summed E-state index contributed by atoms with van der Waals surface area (Å²) in [4.78, 5) is 13.0. The molecule has 0 saturated heterocycles. The first kappa shape index (κ1) is 19.9. The molecule has 3 aromatic rings. The van der Waals surface area contributed by atoms with Crippen LogP contribution in [-0.4, -0.2) is 30.9 Å². The third-order valence-corrected chi connectivity index (χ3v) is 5.13. The Kier molecular flexibility index (Phi) is 5.21. The van der Waals surface area contributed by atoms with Crippen LogP contribution in [0.1, 0.15) is 26.5 Å². The number of fused-ring (bicyclic) bond motifs is 1. The Balaban J connectivity index is 1.88. The van der Waals surface area contributed by atoms with Gasteiger partial charge in [-0.05, 0) is 57.2 Å². The molecule has 0 aliphatic carbocycles. The molecule has 3 rings (SSSR count). The summed E-state index contributed by atoms with van der Waals surface area (Å²) in [5, 5.41) is 0.902. The Hall–Kier alpha value is -2.80. The minimum Gasteiger partial charge on any atom is -0.487 e. The van der Waals surface area contributed by atoms with Crippen LogP contribution in [0.3, 0.4) is 0 Å². The fourth-order valence-electron chi connectivity index (χ4n) is 2.78. The van der Waals surface area contributed by atoms with Gasteiger partial charge in [0.25, 0.3) is 0 Å². The molecule has 0 aliphatic heterocycles. The Morgan fingerprint density at radius 2 is 1.68 bits per heavy atom. The lowest BCUT2D eigenvalue weighted by atomic mass is 10.2. The number of benzene rings is 2. The Labute approximate surface area is 164 Å². The summed E-state index contributed by atoms with van der Waals surface area (Å²) in [6.07, 6.45) is 0.682. The number of aromatic nitrogens is 1. The minimum atomic E-state index is -3.26. The van der Waals surface area contributed by atoms with Crippen molar-refractivity contribution >= 4 is 26.8 Å². The van der Waals surface area contributed by atoms with E-state index in [1.165, 1.54) is 16.7 Å². The molecule has 1 aromatic heterocycles. The number of rotatable bonds is 4. The van der Waals surface area contributed by atoms with Crippen LogP contribution in [0.15, 0.2) is 59.5 Å².